The van der Waals surface area contributed by atoms with Gasteiger partial charge in [0.25, 0.3) is 5.91 Å². The summed E-state index contributed by atoms with van der Waals surface area (Å²) in [5.41, 5.74) is 1.07. The number of likely N-dealkylation sites (tertiary alicyclic amines) is 1. The lowest BCUT2D eigenvalue weighted by Crippen LogP contribution is -2.41. The number of carbonyl (C=O) groups is 1. The van der Waals surface area contributed by atoms with E-state index < -0.39 is 6.10 Å². The molecule has 0 unspecified atom stereocenters. The SMILES string of the molecule is Cc1cccc(OCC(=O)N2C[C@@H](O)[C@@H](N(C)Cc3nnc(C)o3)C2)c1. The number of β-amino-alcohol motifs (C(OH)–C–C–N with tert-alkyl or cyclic N) is 1. The zero-order valence-corrected chi connectivity index (χ0v) is 15.3. The number of amides is 1. The van der Waals surface area contributed by atoms with Crippen molar-refractivity contribution in [3.63, 3.8) is 0 Å². The minimum absolute atomic E-state index is 0.0462. The van der Waals surface area contributed by atoms with Gasteiger partial charge in [-0.15, -0.1) is 10.2 Å². The quantitative estimate of drug-likeness (QED) is 0.813. The van der Waals surface area contributed by atoms with Crippen LogP contribution in [0.2, 0.25) is 0 Å². The molecule has 1 amide bonds. The lowest BCUT2D eigenvalue weighted by molar-refractivity contribution is -0.132. The lowest BCUT2D eigenvalue weighted by atomic mass is 10.2. The third-order valence-corrected chi connectivity index (χ3v) is 4.48. The number of aliphatic hydroxyl groups excluding tert-OH is 1. The maximum absolute atomic E-state index is 12.4. The molecule has 1 aromatic heterocycles. The second-order valence-electron chi connectivity index (χ2n) is 6.67. The van der Waals surface area contributed by atoms with E-state index in [9.17, 15) is 9.90 Å². The van der Waals surface area contributed by atoms with Crippen molar-refractivity contribution in [1.82, 2.24) is 20.0 Å². The summed E-state index contributed by atoms with van der Waals surface area (Å²) < 4.78 is 10.9. The van der Waals surface area contributed by atoms with Gasteiger partial charge in [0, 0.05) is 20.0 Å². The number of benzene rings is 1. The molecular weight excluding hydrogens is 336 g/mol. The molecule has 2 aromatic rings. The Kier molecular flexibility index (Phi) is 5.53. The Morgan fingerprint density at radius 1 is 1.38 bits per heavy atom. The summed E-state index contributed by atoms with van der Waals surface area (Å²) in [5.74, 6) is 1.52. The Bertz CT molecular complexity index is 763. The smallest absolute Gasteiger partial charge is 0.260 e. The Morgan fingerprint density at radius 2 is 2.19 bits per heavy atom. The number of hydrogen-bond acceptors (Lipinski definition) is 7. The van der Waals surface area contributed by atoms with Gasteiger partial charge in [-0.2, -0.15) is 0 Å². The maximum Gasteiger partial charge on any atom is 0.260 e. The summed E-state index contributed by atoms with van der Waals surface area (Å²) >= 11 is 0. The number of likely N-dealkylation sites (N-methyl/N-ethyl adjacent to an activating group) is 1. The van der Waals surface area contributed by atoms with Gasteiger partial charge in [0.2, 0.25) is 11.8 Å². The first-order chi connectivity index (χ1) is 12.4. The van der Waals surface area contributed by atoms with Crippen molar-refractivity contribution in [3.8, 4) is 5.75 Å². The molecule has 0 radical (unpaired) electrons. The van der Waals surface area contributed by atoms with E-state index in [-0.39, 0.29) is 25.1 Å². The van der Waals surface area contributed by atoms with Crippen molar-refractivity contribution in [3.05, 3.63) is 41.6 Å². The highest BCUT2D eigenvalue weighted by Gasteiger charge is 2.36. The summed E-state index contributed by atoms with van der Waals surface area (Å²) in [4.78, 5) is 16.0. The normalized spacial score (nSPS) is 20.0. The molecule has 3 rings (SSSR count). The molecule has 1 aliphatic rings. The standard InChI is InChI=1S/C18H24N4O4/c1-12-5-4-6-14(7-12)25-11-18(24)22-8-15(16(23)9-22)21(3)10-17-20-19-13(2)26-17/h4-7,15-16,23H,8-11H2,1-3H3/t15-,16+/m0/s1. The first-order valence-electron chi connectivity index (χ1n) is 8.57. The van der Waals surface area contributed by atoms with Gasteiger partial charge >= 0.3 is 0 Å². The van der Waals surface area contributed by atoms with Gasteiger partial charge in [-0.3, -0.25) is 9.69 Å². The van der Waals surface area contributed by atoms with E-state index in [0.717, 1.165) is 5.56 Å². The van der Waals surface area contributed by atoms with E-state index in [4.69, 9.17) is 9.15 Å². The molecule has 8 heteroatoms. The van der Waals surface area contributed by atoms with Crippen molar-refractivity contribution in [2.45, 2.75) is 32.5 Å². The van der Waals surface area contributed by atoms with Crippen LogP contribution in [-0.2, 0) is 11.3 Å². The minimum atomic E-state index is -0.632. The summed E-state index contributed by atoms with van der Waals surface area (Å²) in [6, 6.07) is 7.37. The van der Waals surface area contributed by atoms with Crippen molar-refractivity contribution >= 4 is 5.91 Å². The van der Waals surface area contributed by atoms with Crippen molar-refractivity contribution in [2.75, 3.05) is 26.7 Å². The lowest BCUT2D eigenvalue weighted by Gasteiger charge is -2.24. The van der Waals surface area contributed by atoms with E-state index in [0.29, 0.717) is 30.6 Å². The van der Waals surface area contributed by atoms with Gasteiger partial charge in [0.15, 0.2) is 6.61 Å². The Balaban J connectivity index is 1.53. The van der Waals surface area contributed by atoms with E-state index in [1.165, 1.54) is 0 Å². The van der Waals surface area contributed by atoms with E-state index >= 15 is 0 Å². The van der Waals surface area contributed by atoms with Gasteiger partial charge in [0.05, 0.1) is 18.7 Å². The predicted octanol–water partition coefficient (Wildman–Crippen LogP) is 0.769. The predicted molar refractivity (Wildman–Crippen MR) is 93.6 cm³/mol. The third-order valence-electron chi connectivity index (χ3n) is 4.48. The fraction of sp³-hybridized carbons (Fsp3) is 0.500. The van der Waals surface area contributed by atoms with Crippen LogP contribution >= 0.6 is 0 Å². The molecule has 2 atom stereocenters. The zero-order chi connectivity index (χ0) is 18.7. The van der Waals surface area contributed by atoms with Crippen LogP contribution in [0.15, 0.2) is 28.7 Å². The third kappa shape index (κ3) is 4.39. The summed E-state index contributed by atoms with van der Waals surface area (Å²) in [6.07, 6.45) is -0.632. The summed E-state index contributed by atoms with van der Waals surface area (Å²) in [5, 5.41) is 18.1. The van der Waals surface area contributed by atoms with Crippen LogP contribution in [-0.4, -0.2) is 69.9 Å². The van der Waals surface area contributed by atoms with Crippen LogP contribution in [0.1, 0.15) is 17.3 Å². The fourth-order valence-corrected chi connectivity index (χ4v) is 3.08. The molecular formula is C18H24N4O4. The van der Waals surface area contributed by atoms with Crippen molar-refractivity contribution in [1.29, 1.82) is 0 Å². The molecule has 2 heterocycles. The first-order valence-corrected chi connectivity index (χ1v) is 8.57. The van der Waals surface area contributed by atoms with Gasteiger partial charge in [0.1, 0.15) is 5.75 Å². The van der Waals surface area contributed by atoms with Gasteiger partial charge in [-0.25, -0.2) is 0 Å². The van der Waals surface area contributed by atoms with E-state index in [1.807, 2.05) is 43.1 Å². The number of hydrogen-bond donors (Lipinski definition) is 1. The number of ether oxygens (including phenoxy) is 1. The highest BCUT2D eigenvalue weighted by Crippen LogP contribution is 2.18. The number of aryl methyl sites for hydroxylation is 2. The van der Waals surface area contributed by atoms with Crippen LogP contribution < -0.4 is 4.74 Å². The highest BCUT2D eigenvalue weighted by molar-refractivity contribution is 5.78. The molecule has 0 bridgehead atoms. The molecule has 1 aromatic carbocycles. The number of carbonyl (C=O) groups excluding carboxylic acids is 1. The van der Waals surface area contributed by atoms with Crippen molar-refractivity contribution in [2.24, 2.45) is 0 Å². The Morgan fingerprint density at radius 3 is 2.88 bits per heavy atom. The first kappa shape index (κ1) is 18.3. The molecule has 1 aliphatic heterocycles. The molecule has 1 N–H and O–H groups in total. The monoisotopic (exact) mass is 360 g/mol. The second kappa shape index (κ2) is 7.84. The number of aliphatic hydroxyl groups is 1. The average molecular weight is 360 g/mol. The molecule has 140 valence electrons. The molecule has 0 aliphatic carbocycles. The largest absolute Gasteiger partial charge is 0.484 e. The maximum atomic E-state index is 12.4. The summed E-state index contributed by atoms with van der Waals surface area (Å²) in [7, 11) is 1.87. The van der Waals surface area contributed by atoms with Gasteiger partial charge in [-0.1, -0.05) is 12.1 Å². The topological polar surface area (TPSA) is 91.9 Å². The minimum Gasteiger partial charge on any atom is -0.484 e. The van der Waals surface area contributed by atoms with Crippen molar-refractivity contribution < 1.29 is 19.1 Å². The molecule has 0 spiro atoms. The fourth-order valence-electron chi connectivity index (χ4n) is 3.08. The zero-order valence-electron chi connectivity index (χ0n) is 15.3. The Hall–Kier alpha value is -2.45. The van der Waals surface area contributed by atoms with Crippen LogP contribution in [0.25, 0.3) is 0 Å². The van der Waals surface area contributed by atoms with E-state index in [2.05, 4.69) is 10.2 Å². The molecule has 26 heavy (non-hydrogen) atoms. The van der Waals surface area contributed by atoms with Crippen LogP contribution in [0.5, 0.6) is 5.75 Å². The molecule has 1 fully saturated rings. The average Bonchev–Trinajstić information content (AvgIpc) is 3.18. The number of nitrogens with zero attached hydrogens (tertiary/aromatic N) is 4. The van der Waals surface area contributed by atoms with Crippen LogP contribution in [0.4, 0.5) is 0 Å². The number of rotatable bonds is 6. The number of aromatic nitrogens is 2. The van der Waals surface area contributed by atoms with Gasteiger partial charge < -0.3 is 19.2 Å². The summed E-state index contributed by atoms with van der Waals surface area (Å²) in [6.45, 7) is 4.79. The van der Waals surface area contributed by atoms with Crippen LogP contribution in [0, 0.1) is 13.8 Å². The molecule has 8 nitrogen and oxygen atoms in total. The van der Waals surface area contributed by atoms with E-state index in [1.54, 1.807) is 11.8 Å². The highest BCUT2D eigenvalue weighted by atomic mass is 16.5. The molecule has 1 saturated heterocycles. The van der Waals surface area contributed by atoms with Gasteiger partial charge in [-0.05, 0) is 31.7 Å². The van der Waals surface area contributed by atoms with Crippen LogP contribution in [0.3, 0.4) is 0 Å². The molecule has 0 saturated carbocycles. The Labute approximate surface area is 152 Å². The second-order valence-corrected chi connectivity index (χ2v) is 6.67.